The number of hydrogen-bond donors (Lipinski definition) is 1. The Kier molecular flexibility index (Phi) is 7.06. The molecule has 0 radical (unpaired) electrons. The highest BCUT2D eigenvalue weighted by Gasteiger charge is 2.20. The monoisotopic (exact) mass is 388 g/mol. The number of fused-ring (bicyclic) bond motifs is 1. The van der Waals surface area contributed by atoms with E-state index in [-0.39, 0.29) is 12.4 Å². The number of aromatic nitrogens is 1. The molecular formula is C21H28N2O5. The van der Waals surface area contributed by atoms with Gasteiger partial charge in [0, 0.05) is 37.0 Å². The number of nitrogens with zero attached hydrogens (tertiary/aromatic N) is 1. The Balaban J connectivity index is 1.88. The summed E-state index contributed by atoms with van der Waals surface area (Å²) in [5.41, 5.74) is 3.27. The molecule has 1 aliphatic heterocycles. The number of carbonyl (C=O) groups is 2. The van der Waals surface area contributed by atoms with Crippen molar-refractivity contribution >= 4 is 22.8 Å². The number of H-pyrrole nitrogens is 1. The van der Waals surface area contributed by atoms with Gasteiger partial charge in [-0.2, -0.15) is 0 Å². The number of benzene rings is 1. The second-order valence-corrected chi connectivity index (χ2v) is 6.77. The summed E-state index contributed by atoms with van der Waals surface area (Å²) in [6.45, 7) is 8.37. The van der Waals surface area contributed by atoms with Gasteiger partial charge in [0.1, 0.15) is 5.69 Å². The van der Waals surface area contributed by atoms with Gasteiger partial charge in [-0.25, -0.2) is 4.79 Å². The number of aromatic amines is 1. The van der Waals surface area contributed by atoms with Crippen molar-refractivity contribution in [2.45, 2.75) is 33.2 Å². The van der Waals surface area contributed by atoms with Crippen LogP contribution in [0.15, 0.2) is 18.2 Å². The third kappa shape index (κ3) is 4.91. The van der Waals surface area contributed by atoms with Crippen LogP contribution in [0.25, 0.3) is 10.9 Å². The first-order chi connectivity index (χ1) is 13.6. The average molecular weight is 388 g/mol. The first-order valence-corrected chi connectivity index (χ1v) is 9.88. The number of morpholine rings is 1. The maximum atomic E-state index is 12.4. The number of hydrogen-bond acceptors (Lipinski definition) is 6. The summed E-state index contributed by atoms with van der Waals surface area (Å²) in [6.07, 6.45) is 0.648. The van der Waals surface area contributed by atoms with E-state index in [0.29, 0.717) is 25.3 Å². The van der Waals surface area contributed by atoms with Crippen LogP contribution in [0, 0.1) is 0 Å². The minimum Gasteiger partial charge on any atom is -0.466 e. The molecule has 0 aliphatic carbocycles. The van der Waals surface area contributed by atoms with Gasteiger partial charge in [-0.05, 0) is 43.5 Å². The highest BCUT2D eigenvalue weighted by Crippen LogP contribution is 2.26. The van der Waals surface area contributed by atoms with Crippen LogP contribution >= 0.6 is 0 Å². The lowest BCUT2D eigenvalue weighted by Crippen LogP contribution is -2.35. The average Bonchev–Trinajstić information content (AvgIpc) is 3.06. The van der Waals surface area contributed by atoms with Gasteiger partial charge in [0.05, 0.1) is 26.4 Å². The SMILES string of the molecule is CCOC(=O)CCc1c(C(=O)OCC)[nH]c2ccc(CN3CCOCC3)cc12. The van der Waals surface area contributed by atoms with Crippen molar-refractivity contribution in [1.82, 2.24) is 9.88 Å². The highest BCUT2D eigenvalue weighted by molar-refractivity contribution is 5.98. The zero-order valence-corrected chi connectivity index (χ0v) is 16.6. The molecule has 0 bridgehead atoms. The largest absolute Gasteiger partial charge is 0.466 e. The van der Waals surface area contributed by atoms with E-state index < -0.39 is 5.97 Å². The van der Waals surface area contributed by atoms with E-state index in [2.05, 4.69) is 22.0 Å². The minimum absolute atomic E-state index is 0.223. The summed E-state index contributed by atoms with van der Waals surface area (Å²) >= 11 is 0. The van der Waals surface area contributed by atoms with Crippen molar-refractivity contribution in [3.8, 4) is 0 Å². The minimum atomic E-state index is -0.396. The number of rotatable bonds is 8. The Hall–Kier alpha value is -2.38. The summed E-state index contributed by atoms with van der Waals surface area (Å²) in [5, 5.41) is 0.957. The van der Waals surface area contributed by atoms with Crippen LogP contribution in [0.4, 0.5) is 0 Å². The molecule has 3 rings (SSSR count). The van der Waals surface area contributed by atoms with Crippen molar-refractivity contribution in [3.63, 3.8) is 0 Å². The molecule has 2 heterocycles. The van der Waals surface area contributed by atoms with Crippen LogP contribution in [-0.2, 0) is 32.0 Å². The van der Waals surface area contributed by atoms with E-state index in [9.17, 15) is 9.59 Å². The lowest BCUT2D eigenvalue weighted by atomic mass is 10.0. The molecule has 1 saturated heterocycles. The smallest absolute Gasteiger partial charge is 0.355 e. The predicted molar refractivity (Wildman–Crippen MR) is 105 cm³/mol. The molecule has 2 aromatic rings. The van der Waals surface area contributed by atoms with Gasteiger partial charge in [-0.15, -0.1) is 0 Å². The molecule has 152 valence electrons. The topological polar surface area (TPSA) is 80.9 Å². The number of ether oxygens (including phenoxy) is 3. The zero-order chi connectivity index (χ0) is 19.9. The fourth-order valence-electron chi connectivity index (χ4n) is 3.51. The number of aryl methyl sites for hydroxylation is 1. The van der Waals surface area contributed by atoms with Gasteiger partial charge in [0.25, 0.3) is 0 Å². The Morgan fingerprint density at radius 3 is 2.61 bits per heavy atom. The fourth-order valence-corrected chi connectivity index (χ4v) is 3.51. The van der Waals surface area contributed by atoms with E-state index in [1.165, 1.54) is 5.56 Å². The van der Waals surface area contributed by atoms with Crippen molar-refractivity contribution in [1.29, 1.82) is 0 Å². The number of esters is 2. The summed E-state index contributed by atoms with van der Waals surface area (Å²) in [5.74, 6) is -0.664. The molecule has 1 aliphatic rings. The fraction of sp³-hybridized carbons (Fsp3) is 0.524. The van der Waals surface area contributed by atoms with Gasteiger partial charge in [-0.1, -0.05) is 6.07 Å². The Labute approximate surface area is 164 Å². The van der Waals surface area contributed by atoms with Crippen molar-refractivity contribution < 1.29 is 23.8 Å². The molecule has 28 heavy (non-hydrogen) atoms. The highest BCUT2D eigenvalue weighted by atomic mass is 16.5. The second kappa shape index (κ2) is 9.71. The third-order valence-corrected chi connectivity index (χ3v) is 4.84. The van der Waals surface area contributed by atoms with Crippen LogP contribution in [0.1, 0.15) is 41.9 Å². The Bertz CT molecular complexity index is 824. The van der Waals surface area contributed by atoms with Crippen LogP contribution in [0.3, 0.4) is 0 Å². The first-order valence-electron chi connectivity index (χ1n) is 9.88. The normalized spacial score (nSPS) is 14.9. The van der Waals surface area contributed by atoms with E-state index in [1.54, 1.807) is 13.8 Å². The van der Waals surface area contributed by atoms with E-state index in [0.717, 1.165) is 49.3 Å². The standard InChI is InChI=1S/C21H28N2O5/c1-3-27-19(24)8-6-16-17-13-15(14-23-9-11-26-12-10-23)5-7-18(17)22-20(16)21(25)28-4-2/h5,7,13,22H,3-4,6,8-12,14H2,1-2H3. The van der Waals surface area contributed by atoms with E-state index in [4.69, 9.17) is 14.2 Å². The molecule has 7 nitrogen and oxygen atoms in total. The molecular weight excluding hydrogens is 360 g/mol. The predicted octanol–water partition coefficient (Wildman–Crippen LogP) is 2.67. The van der Waals surface area contributed by atoms with Gasteiger partial charge >= 0.3 is 11.9 Å². The van der Waals surface area contributed by atoms with E-state index in [1.807, 2.05) is 6.07 Å². The van der Waals surface area contributed by atoms with Gasteiger partial charge < -0.3 is 19.2 Å². The molecule has 0 amide bonds. The molecule has 0 atom stereocenters. The molecule has 7 heteroatoms. The molecule has 1 aromatic carbocycles. The number of nitrogens with one attached hydrogen (secondary N) is 1. The van der Waals surface area contributed by atoms with Crippen molar-refractivity contribution in [2.75, 3.05) is 39.5 Å². The lowest BCUT2D eigenvalue weighted by Gasteiger charge is -2.26. The maximum Gasteiger partial charge on any atom is 0.355 e. The first kappa shape index (κ1) is 20.4. The quantitative estimate of drug-likeness (QED) is 0.701. The Morgan fingerprint density at radius 2 is 1.89 bits per heavy atom. The van der Waals surface area contributed by atoms with Gasteiger partial charge in [0.15, 0.2) is 0 Å². The van der Waals surface area contributed by atoms with Gasteiger partial charge in [-0.3, -0.25) is 9.69 Å². The molecule has 0 spiro atoms. The van der Waals surface area contributed by atoms with Crippen molar-refractivity contribution in [2.24, 2.45) is 0 Å². The summed E-state index contributed by atoms with van der Waals surface area (Å²) in [6, 6.07) is 6.16. The number of carbonyl (C=O) groups excluding carboxylic acids is 2. The molecule has 0 saturated carbocycles. The van der Waals surface area contributed by atoms with Crippen LogP contribution in [-0.4, -0.2) is 61.3 Å². The second-order valence-electron chi connectivity index (χ2n) is 6.77. The van der Waals surface area contributed by atoms with E-state index >= 15 is 0 Å². The van der Waals surface area contributed by atoms with Crippen LogP contribution < -0.4 is 0 Å². The molecule has 0 unspecified atom stereocenters. The lowest BCUT2D eigenvalue weighted by molar-refractivity contribution is -0.143. The summed E-state index contributed by atoms with van der Waals surface area (Å²) in [4.78, 5) is 29.8. The molecule has 1 aromatic heterocycles. The maximum absolute atomic E-state index is 12.4. The molecule has 1 N–H and O–H groups in total. The third-order valence-electron chi connectivity index (χ3n) is 4.84. The summed E-state index contributed by atoms with van der Waals surface area (Å²) < 4.78 is 15.6. The zero-order valence-electron chi connectivity index (χ0n) is 16.6. The molecule has 1 fully saturated rings. The van der Waals surface area contributed by atoms with Gasteiger partial charge in [0.2, 0.25) is 0 Å². The Morgan fingerprint density at radius 1 is 1.14 bits per heavy atom. The summed E-state index contributed by atoms with van der Waals surface area (Å²) in [7, 11) is 0. The van der Waals surface area contributed by atoms with Crippen LogP contribution in [0.5, 0.6) is 0 Å². The van der Waals surface area contributed by atoms with Crippen LogP contribution in [0.2, 0.25) is 0 Å². The van der Waals surface area contributed by atoms with Crippen molar-refractivity contribution in [3.05, 3.63) is 35.0 Å².